The highest BCUT2D eigenvalue weighted by Gasteiger charge is 2.15. The maximum absolute atomic E-state index is 10.8. The molecule has 3 rings (SSSR count). The Morgan fingerprint density at radius 3 is 2.53 bits per heavy atom. The summed E-state index contributed by atoms with van der Waals surface area (Å²) in [6.07, 6.45) is 4.35. The van der Waals surface area contributed by atoms with E-state index in [2.05, 4.69) is 14.9 Å². The van der Waals surface area contributed by atoms with Crippen LogP contribution < -0.4 is 4.90 Å². The third-order valence-corrected chi connectivity index (χ3v) is 2.99. The zero-order chi connectivity index (χ0) is 11.8. The minimum Gasteiger partial charge on any atom is -0.478 e. The van der Waals surface area contributed by atoms with E-state index in [9.17, 15) is 4.79 Å². The minimum atomic E-state index is -0.979. The van der Waals surface area contributed by atoms with Crippen LogP contribution in [0.15, 0.2) is 24.5 Å². The first kappa shape index (κ1) is 10.0. The lowest BCUT2D eigenvalue weighted by atomic mass is 10.2. The molecule has 5 nitrogen and oxygen atoms in total. The Morgan fingerprint density at radius 1 is 1.18 bits per heavy atom. The van der Waals surface area contributed by atoms with Gasteiger partial charge in [-0.25, -0.2) is 4.79 Å². The summed E-state index contributed by atoms with van der Waals surface area (Å²) in [5.74, 6) is -0.979. The van der Waals surface area contributed by atoms with Gasteiger partial charge in [0, 0.05) is 19.3 Å². The van der Waals surface area contributed by atoms with Crippen LogP contribution in [0, 0.1) is 0 Å². The Labute approximate surface area is 97.7 Å². The average molecular weight is 229 g/mol. The van der Waals surface area contributed by atoms with Gasteiger partial charge in [0.25, 0.3) is 0 Å². The third-order valence-electron chi connectivity index (χ3n) is 2.99. The Morgan fingerprint density at radius 2 is 1.88 bits per heavy atom. The van der Waals surface area contributed by atoms with Crippen LogP contribution in [0.4, 0.5) is 5.69 Å². The molecule has 0 aliphatic carbocycles. The summed E-state index contributed by atoms with van der Waals surface area (Å²) in [7, 11) is 0. The molecule has 1 N–H and O–H groups in total. The molecule has 0 spiro atoms. The van der Waals surface area contributed by atoms with Gasteiger partial charge in [-0.3, -0.25) is 9.97 Å². The molecule has 0 atom stereocenters. The maximum Gasteiger partial charge on any atom is 0.337 e. The fraction of sp³-hybridized carbons (Fsp3) is 0.250. The fourth-order valence-electron chi connectivity index (χ4n) is 1.86. The molecule has 1 aliphatic heterocycles. The van der Waals surface area contributed by atoms with Crippen molar-refractivity contribution in [3.8, 4) is 0 Å². The molecule has 3 heterocycles. The Kier molecular flexibility index (Phi) is 2.18. The SMILES string of the molecule is O=C(O)c1cnc2cc(N3CCC3)cnc2c1. The summed E-state index contributed by atoms with van der Waals surface area (Å²) in [6, 6.07) is 3.50. The smallest absolute Gasteiger partial charge is 0.337 e. The summed E-state index contributed by atoms with van der Waals surface area (Å²) in [5.41, 5.74) is 2.58. The number of hydrogen-bond donors (Lipinski definition) is 1. The van der Waals surface area contributed by atoms with E-state index in [0.717, 1.165) is 24.3 Å². The number of carbonyl (C=O) groups is 1. The number of aromatic carboxylic acids is 1. The molecule has 1 fully saturated rings. The van der Waals surface area contributed by atoms with E-state index >= 15 is 0 Å². The van der Waals surface area contributed by atoms with E-state index < -0.39 is 5.97 Å². The molecule has 86 valence electrons. The van der Waals surface area contributed by atoms with E-state index in [4.69, 9.17) is 5.11 Å². The lowest BCUT2D eigenvalue weighted by Gasteiger charge is -2.32. The lowest BCUT2D eigenvalue weighted by Crippen LogP contribution is -2.36. The number of rotatable bonds is 2. The average Bonchev–Trinajstić information content (AvgIpc) is 2.26. The van der Waals surface area contributed by atoms with E-state index in [-0.39, 0.29) is 5.56 Å². The number of carboxylic acids is 1. The number of fused-ring (bicyclic) bond motifs is 1. The quantitative estimate of drug-likeness (QED) is 0.846. The molecular weight excluding hydrogens is 218 g/mol. The van der Waals surface area contributed by atoms with Crippen molar-refractivity contribution in [3.63, 3.8) is 0 Å². The second-order valence-electron chi connectivity index (χ2n) is 4.10. The Hall–Kier alpha value is -2.17. The van der Waals surface area contributed by atoms with Gasteiger partial charge >= 0.3 is 5.97 Å². The van der Waals surface area contributed by atoms with Crippen LogP contribution in [0.3, 0.4) is 0 Å². The number of pyridine rings is 2. The van der Waals surface area contributed by atoms with E-state index in [0.29, 0.717) is 5.52 Å². The van der Waals surface area contributed by atoms with Gasteiger partial charge in [-0.2, -0.15) is 0 Å². The second-order valence-corrected chi connectivity index (χ2v) is 4.10. The highest BCUT2D eigenvalue weighted by molar-refractivity contribution is 5.91. The fourth-order valence-corrected chi connectivity index (χ4v) is 1.86. The lowest BCUT2D eigenvalue weighted by molar-refractivity contribution is 0.0696. The van der Waals surface area contributed by atoms with Crippen molar-refractivity contribution in [2.24, 2.45) is 0 Å². The molecular formula is C12H11N3O2. The number of nitrogens with zero attached hydrogens (tertiary/aromatic N) is 3. The highest BCUT2D eigenvalue weighted by atomic mass is 16.4. The van der Waals surface area contributed by atoms with Gasteiger partial charge in [-0.1, -0.05) is 0 Å². The van der Waals surface area contributed by atoms with Gasteiger partial charge in [-0.05, 0) is 18.6 Å². The third kappa shape index (κ3) is 1.69. The molecule has 0 saturated carbocycles. The summed E-state index contributed by atoms with van der Waals surface area (Å²) < 4.78 is 0. The van der Waals surface area contributed by atoms with E-state index in [1.807, 2.05) is 6.07 Å². The van der Waals surface area contributed by atoms with Gasteiger partial charge in [0.2, 0.25) is 0 Å². The highest BCUT2D eigenvalue weighted by Crippen LogP contribution is 2.22. The molecule has 1 saturated heterocycles. The first-order chi connectivity index (χ1) is 8.24. The zero-order valence-corrected chi connectivity index (χ0v) is 9.13. The number of hydrogen-bond acceptors (Lipinski definition) is 4. The largest absolute Gasteiger partial charge is 0.478 e. The van der Waals surface area contributed by atoms with Crippen molar-refractivity contribution in [2.45, 2.75) is 6.42 Å². The first-order valence-corrected chi connectivity index (χ1v) is 5.48. The van der Waals surface area contributed by atoms with Crippen LogP contribution in [0.2, 0.25) is 0 Å². The predicted molar refractivity (Wildman–Crippen MR) is 63.3 cm³/mol. The molecule has 17 heavy (non-hydrogen) atoms. The second kappa shape index (κ2) is 3.69. The van der Waals surface area contributed by atoms with Crippen LogP contribution in [0.25, 0.3) is 11.0 Å². The van der Waals surface area contributed by atoms with Crippen molar-refractivity contribution in [1.82, 2.24) is 9.97 Å². The first-order valence-electron chi connectivity index (χ1n) is 5.48. The van der Waals surface area contributed by atoms with Crippen LogP contribution in [0.5, 0.6) is 0 Å². The van der Waals surface area contributed by atoms with Crippen molar-refractivity contribution >= 4 is 22.7 Å². The molecule has 0 aromatic carbocycles. The van der Waals surface area contributed by atoms with Crippen molar-refractivity contribution < 1.29 is 9.90 Å². The molecule has 0 unspecified atom stereocenters. The molecule has 5 heteroatoms. The topological polar surface area (TPSA) is 66.3 Å². The molecule has 1 aliphatic rings. The molecule has 2 aromatic rings. The predicted octanol–water partition coefficient (Wildman–Crippen LogP) is 1.54. The van der Waals surface area contributed by atoms with Gasteiger partial charge in [-0.15, -0.1) is 0 Å². The number of carboxylic acid groups (broad SMARTS) is 1. The van der Waals surface area contributed by atoms with Crippen LogP contribution in [-0.2, 0) is 0 Å². The Bertz CT molecular complexity index is 593. The summed E-state index contributed by atoms with van der Waals surface area (Å²) >= 11 is 0. The minimum absolute atomic E-state index is 0.168. The van der Waals surface area contributed by atoms with Gasteiger partial charge < -0.3 is 10.0 Å². The zero-order valence-electron chi connectivity index (χ0n) is 9.13. The number of anilines is 1. The van der Waals surface area contributed by atoms with Crippen LogP contribution in [0.1, 0.15) is 16.8 Å². The van der Waals surface area contributed by atoms with Crippen LogP contribution in [-0.4, -0.2) is 34.1 Å². The van der Waals surface area contributed by atoms with Crippen molar-refractivity contribution in [3.05, 3.63) is 30.1 Å². The van der Waals surface area contributed by atoms with E-state index in [1.165, 1.54) is 12.6 Å². The molecule has 0 radical (unpaired) electrons. The van der Waals surface area contributed by atoms with Crippen molar-refractivity contribution in [1.29, 1.82) is 0 Å². The molecule has 0 amide bonds. The monoisotopic (exact) mass is 229 g/mol. The Balaban J connectivity index is 2.05. The van der Waals surface area contributed by atoms with E-state index in [1.54, 1.807) is 12.3 Å². The number of aromatic nitrogens is 2. The van der Waals surface area contributed by atoms with Gasteiger partial charge in [0.05, 0.1) is 28.5 Å². The summed E-state index contributed by atoms with van der Waals surface area (Å²) in [6.45, 7) is 2.11. The van der Waals surface area contributed by atoms with Crippen molar-refractivity contribution in [2.75, 3.05) is 18.0 Å². The molecule has 0 bridgehead atoms. The normalized spacial score (nSPS) is 14.7. The maximum atomic E-state index is 10.8. The van der Waals surface area contributed by atoms with Gasteiger partial charge in [0.15, 0.2) is 0 Å². The summed E-state index contributed by atoms with van der Waals surface area (Å²) in [4.78, 5) is 21.4. The van der Waals surface area contributed by atoms with Crippen LogP contribution >= 0.6 is 0 Å². The summed E-state index contributed by atoms with van der Waals surface area (Å²) in [5, 5.41) is 8.86. The molecule has 2 aromatic heterocycles. The van der Waals surface area contributed by atoms with Gasteiger partial charge in [0.1, 0.15) is 0 Å². The standard InChI is InChI=1S/C12H11N3O2/c16-12(17)8-4-10-11(13-6-8)5-9(7-14-10)15-2-1-3-15/h4-7H,1-3H2,(H,16,17).